The minimum atomic E-state index is -1.94. The van der Waals surface area contributed by atoms with Gasteiger partial charge in [0.25, 0.3) is 0 Å². The van der Waals surface area contributed by atoms with E-state index in [1.54, 1.807) is 0 Å². The first-order chi connectivity index (χ1) is 20.5. The molecule has 0 amide bonds. The predicted molar refractivity (Wildman–Crippen MR) is 135 cm³/mol. The summed E-state index contributed by atoms with van der Waals surface area (Å²) in [6.07, 6.45) is -16.4. The van der Waals surface area contributed by atoms with Crippen LogP contribution in [-0.2, 0) is 80.9 Å². The van der Waals surface area contributed by atoms with Gasteiger partial charge in [-0.2, -0.15) is 0 Å². The molecule has 0 spiro atoms. The van der Waals surface area contributed by atoms with Gasteiger partial charge in [-0.25, -0.2) is 0 Å². The number of aliphatic hydroxyl groups is 1. The zero-order chi connectivity index (χ0) is 33.3. The summed E-state index contributed by atoms with van der Waals surface area (Å²) in [5, 5.41) is 10.8. The second kappa shape index (κ2) is 16.3. The third-order valence-electron chi connectivity index (χ3n) is 5.90. The van der Waals surface area contributed by atoms with Gasteiger partial charge >= 0.3 is 41.8 Å². The fourth-order valence-electron chi connectivity index (χ4n) is 4.49. The molecule has 2 aliphatic rings. The Balaban J connectivity index is 2.66. The highest BCUT2D eigenvalue weighted by molar-refractivity contribution is 5.69. The van der Waals surface area contributed by atoms with Crippen LogP contribution in [0, 0.1) is 0 Å². The zero-order valence-electron chi connectivity index (χ0n) is 25.1. The lowest BCUT2D eigenvalue weighted by atomic mass is 9.96. The van der Waals surface area contributed by atoms with Crippen molar-refractivity contribution in [1.29, 1.82) is 0 Å². The molecule has 0 bridgehead atoms. The van der Waals surface area contributed by atoms with Crippen LogP contribution in [-0.4, -0.2) is 122 Å². The SMILES string of the molecule is CC(=O)OCC1OC(O)C(OC(C)=O)C(OC2OC(COC(C)=O)C(OC(C)=O)C(OC(C)=O)C2OC(C)=O)C1OC(C)=O. The van der Waals surface area contributed by atoms with Crippen molar-refractivity contribution in [3.05, 3.63) is 0 Å². The smallest absolute Gasteiger partial charge is 0.303 e. The number of hydrogen-bond donors (Lipinski definition) is 1. The molecule has 0 aromatic carbocycles. The van der Waals surface area contributed by atoms with Gasteiger partial charge in [0.2, 0.25) is 0 Å². The summed E-state index contributed by atoms with van der Waals surface area (Å²) in [6, 6.07) is 0. The van der Waals surface area contributed by atoms with E-state index in [4.69, 9.17) is 47.4 Å². The molecule has 44 heavy (non-hydrogen) atoms. The van der Waals surface area contributed by atoms with E-state index in [1.165, 1.54) is 0 Å². The Labute approximate surface area is 251 Å². The Hall–Kier alpha value is -3.87. The van der Waals surface area contributed by atoms with Gasteiger partial charge in [0.15, 0.2) is 43.1 Å². The minimum absolute atomic E-state index is 0.560. The molecule has 10 unspecified atom stereocenters. The van der Waals surface area contributed by atoms with Gasteiger partial charge < -0.3 is 52.5 Å². The molecular weight excluding hydrogens is 600 g/mol. The fourth-order valence-corrected chi connectivity index (χ4v) is 4.49. The van der Waals surface area contributed by atoms with Crippen LogP contribution in [0.15, 0.2) is 0 Å². The van der Waals surface area contributed by atoms with E-state index in [-0.39, 0.29) is 0 Å². The molecule has 0 aliphatic carbocycles. The van der Waals surface area contributed by atoms with Crippen molar-refractivity contribution in [2.45, 2.75) is 110 Å². The van der Waals surface area contributed by atoms with Crippen LogP contribution in [0.4, 0.5) is 0 Å². The summed E-state index contributed by atoms with van der Waals surface area (Å²) in [6.45, 7) is 6.13. The third kappa shape index (κ3) is 10.7. The fraction of sp³-hybridized carbons (Fsp3) is 0.731. The molecule has 2 saturated heterocycles. The van der Waals surface area contributed by atoms with Crippen molar-refractivity contribution in [1.82, 2.24) is 0 Å². The van der Waals surface area contributed by atoms with Gasteiger partial charge in [-0.3, -0.25) is 33.6 Å². The largest absolute Gasteiger partial charge is 0.463 e. The average Bonchev–Trinajstić information content (AvgIpc) is 2.87. The predicted octanol–water partition coefficient (Wildman–Crippen LogP) is -1.40. The maximum Gasteiger partial charge on any atom is 0.303 e. The Morgan fingerprint density at radius 3 is 1.27 bits per heavy atom. The number of aliphatic hydroxyl groups excluding tert-OH is 1. The lowest BCUT2D eigenvalue weighted by molar-refractivity contribution is -0.357. The van der Waals surface area contributed by atoms with Crippen LogP contribution in [0.25, 0.3) is 0 Å². The number of rotatable bonds is 11. The molecule has 0 aromatic rings. The second-order valence-corrected chi connectivity index (χ2v) is 9.68. The molecular formula is C26H36O18. The molecule has 10 atom stereocenters. The standard InChI is InChI=1S/C26H36O18/c1-10(27)35-8-17-19(37-12(3)29)21(23(25(34)42-17)40-15(6)32)44-26-24(41-16(7)33)22(39-14(5)31)20(38-13(4)30)18(43-26)9-36-11(2)28/h17-26,34H,8-9H2,1-7H3. The van der Waals surface area contributed by atoms with Crippen LogP contribution in [0.2, 0.25) is 0 Å². The van der Waals surface area contributed by atoms with Gasteiger partial charge in [0, 0.05) is 48.5 Å². The van der Waals surface area contributed by atoms with E-state index in [2.05, 4.69) is 0 Å². The molecule has 0 saturated carbocycles. The van der Waals surface area contributed by atoms with Gasteiger partial charge in [0.05, 0.1) is 0 Å². The summed E-state index contributed by atoms with van der Waals surface area (Å²) in [7, 11) is 0. The molecule has 2 fully saturated rings. The summed E-state index contributed by atoms with van der Waals surface area (Å²) in [5.41, 5.74) is 0. The highest BCUT2D eigenvalue weighted by Crippen LogP contribution is 2.35. The van der Waals surface area contributed by atoms with Gasteiger partial charge in [-0.1, -0.05) is 0 Å². The molecule has 1 N–H and O–H groups in total. The van der Waals surface area contributed by atoms with Crippen LogP contribution < -0.4 is 0 Å². The molecule has 0 aromatic heterocycles. The highest BCUT2D eigenvalue weighted by Gasteiger charge is 2.57. The van der Waals surface area contributed by atoms with Crippen molar-refractivity contribution in [3.8, 4) is 0 Å². The molecule has 2 rings (SSSR count). The Morgan fingerprint density at radius 2 is 0.841 bits per heavy atom. The van der Waals surface area contributed by atoms with Gasteiger partial charge in [0.1, 0.15) is 31.5 Å². The molecule has 248 valence electrons. The minimum Gasteiger partial charge on any atom is -0.463 e. The van der Waals surface area contributed by atoms with Crippen LogP contribution in [0.1, 0.15) is 48.5 Å². The lowest BCUT2D eigenvalue weighted by Crippen LogP contribution is -2.67. The number of carbonyl (C=O) groups is 7. The monoisotopic (exact) mass is 636 g/mol. The first kappa shape index (κ1) is 36.3. The Bertz CT molecular complexity index is 1090. The summed E-state index contributed by atoms with van der Waals surface area (Å²) in [5.74, 6) is -6.03. The van der Waals surface area contributed by atoms with Crippen molar-refractivity contribution < 1.29 is 86.0 Å². The second-order valence-electron chi connectivity index (χ2n) is 9.68. The number of ether oxygens (including phenoxy) is 10. The van der Waals surface area contributed by atoms with Crippen molar-refractivity contribution in [2.24, 2.45) is 0 Å². The van der Waals surface area contributed by atoms with Gasteiger partial charge in [-0.15, -0.1) is 0 Å². The zero-order valence-corrected chi connectivity index (χ0v) is 25.1. The first-order valence-electron chi connectivity index (χ1n) is 13.3. The molecule has 18 heteroatoms. The number of hydrogen-bond acceptors (Lipinski definition) is 18. The highest BCUT2D eigenvalue weighted by atomic mass is 16.8. The third-order valence-corrected chi connectivity index (χ3v) is 5.90. The lowest BCUT2D eigenvalue weighted by Gasteiger charge is -2.48. The number of esters is 7. The van der Waals surface area contributed by atoms with E-state index < -0.39 is 116 Å². The van der Waals surface area contributed by atoms with E-state index in [0.29, 0.717) is 0 Å². The Morgan fingerprint density at radius 1 is 0.477 bits per heavy atom. The van der Waals surface area contributed by atoms with Crippen molar-refractivity contribution in [2.75, 3.05) is 13.2 Å². The van der Waals surface area contributed by atoms with E-state index in [1.807, 2.05) is 0 Å². The quantitative estimate of drug-likeness (QED) is 0.203. The summed E-state index contributed by atoms with van der Waals surface area (Å²) < 4.78 is 54.0. The van der Waals surface area contributed by atoms with Crippen LogP contribution >= 0.6 is 0 Å². The normalized spacial score (nSPS) is 31.5. The van der Waals surface area contributed by atoms with Crippen LogP contribution in [0.5, 0.6) is 0 Å². The average molecular weight is 637 g/mol. The molecule has 18 nitrogen and oxygen atoms in total. The Kier molecular flexibility index (Phi) is 13.4. The summed E-state index contributed by atoms with van der Waals surface area (Å²) in [4.78, 5) is 83.5. The molecule has 2 heterocycles. The maximum atomic E-state index is 12.2. The van der Waals surface area contributed by atoms with E-state index >= 15 is 0 Å². The number of carbonyl (C=O) groups excluding carboxylic acids is 7. The van der Waals surface area contributed by atoms with Crippen molar-refractivity contribution in [3.63, 3.8) is 0 Å². The summed E-state index contributed by atoms with van der Waals surface area (Å²) >= 11 is 0. The first-order valence-corrected chi connectivity index (χ1v) is 13.3. The van der Waals surface area contributed by atoms with E-state index in [0.717, 1.165) is 48.5 Å². The van der Waals surface area contributed by atoms with Gasteiger partial charge in [-0.05, 0) is 0 Å². The molecule has 0 radical (unpaired) electrons. The van der Waals surface area contributed by atoms with Crippen molar-refractivity contribution >= 4 is 41.8 Å². The van der Waals surface area contributed by atoms with E-state index in [9.17, 15) is 38.7 Å². The molecule has 2 aliphatic heterocycles. The van der Waals surface area contributed by atoms with Crippen LogP contribution in [0.3, 0.4) is 0 Å². The maximum absolute atomic E-state index is 12.2. The topological polar surface area (TPSA) is 232 Å².